The molecule has 0 bridgehead atoms. The third-order valence-corrected chi connectivity index (χ3v) is 3.19. The van der Waals surface area contributed by atoms with Crippen molar-refractivity contribution in [1.29, 1.82) is 0 Å². The van der Waals surface area contributed by atoms with E-state index >= 15 is 0 Å². The maximum absolute atomic E-state index is 12.8. The second kappa shape index (κ2) is 6.55. The smallest absolute Gasteiger partial charge is 0.123 e. The summed E-state index contributed by atoms with van der Waals surface area (Å²) in [5, 5.41) is 4.58. The first-order chi connectivity index (χ1) is 9.31. The number of hydrogen-bond acceptors (Lipinski definition) is 1. The highest BCUT2D eigenvalue weighted by Gasteiger charge is 1.98. The van der Waals surface area contributed by atoms with Crippen LogP contribution in [-0.4, -0.2) is 4.98 Å². The van der Waals surface area contributed by atoms with Gasteiger partial charge < -0.3 is 10.3 Å². The third kappa shape index (κ3) is 3.38. The van der Waals surface area contributed by atoms with Gasteiger partial charge in [0.15, 0.2) is 0 Å². The van der Waals surface area contributed by atoms with Crippen LogP contribution in [0.4, 0.5) is 4.39 Å². The van der Waals surface area contributed by atoms with Gasteiger partial charge in [-0.25, -0.2) is 4.39 Å². The standard InChI is InChI=1S/C16H15FN2.ClH/c17-15-4-1-12(2-5-15)10-18-11-13-3-6-16-14(9-13)7-8-19-16;/h1-9,18-19H,10-11H2;1H. The van der Waals surface area contributed by atoms with Crippen LogP contribution in [0.5, 0.6) is 0 Å². The van der Waals surface area contributed by atoms with Crippen molar-refractivity contribution in [2.75, 3.05) is 0 Å². The maximum atomic E-state index is 12.8. The molecular formula is C16H16ClFN2. The van der Waals surface area contributed by atoms with Gasteiger partial charge in [-0.3, -0.25) is 0 Å². The quantitative estimate of drug-likeness (QED) is 0.746. The summed E-state index contributed by atoms with van der Waals surface area (Å²) < 4.78 is 12.8. The van der Waals surface area contributed by atoms with E-state index in [0.717, 1.165) is 24.2 Å². The van der Waals surface area contributed by atoms with E-state index < -0.39 is 0 Å². The fourth-order valence-electron chi connectivity index (χ4n) is 2.17. The molecule has 0 fully saturated rings. The van der Waals surface area contributed by atoms with Gasteiger partial charge in [-0.05, 0) is 46.8 Å². The Bertz CT molecular complexity index is 676. The van der Waals surface area contributed by atoms with Gasteiger partial charge in [-0.2, -0.15) is 0 Å². The number of aromatic amines is 1. The molecule has 0 aliphatic heterocycles. The highest BCUT2D eigenvalue weighted by molar-refractivity contribution is 5.85. The zero-order chi connectivity index (χ0) is 13.1. The molecule has 1 aromatic heterocycles. The number of H-pyrrole nitrogens is 1. The highest BCUT2D eigenvalue weighted by Crippen LogP contribution is 2.14. The van der Waals surface area contributed by atoms with Gasteiger partial charge in [0.05, 0.1) is 0 Å². The average molecular weight is 291 g/mol. The van der Waals surface area contributed by atoms with Crippen molar-refractivity contribution in [2.45, 2.75) is 13.1 Å². The first-order valence-corrected chi connectivity index (χ1v) is 6.32. The monoisotopic (exact) mass is 290 g/mol. The molecule has 0 saturated heterocycles. The van der Waals surface area contributed by atoms with E-state index in [4.69, 9.17) is 0 Å². The van der Waals surface area contributed by atoms with E-state index in [1.165, 1.54) is 23.1 Å². The second-order valence-corrected chi connectivity index (χ2v) is 4.63. The van der Waals surface area contributed by atoms with Crippen molar-refractivity contribution in [3.63, 3.8) is 0 Å². The number of fused-ring (bicyclic) bond motifs is 1. The Hall–Kier alpha value is -1.84. The Labute approximate surface area is 123 Å². The first-order valence-electron chi connectivity index (χ1n) is 6.32. The van der Waals surface area contributed by atoms with Crippen LogP contribution < -0.4 is 5.32 Å². The summed E-state index contributed by atoms with van der Waals surface area (Å²) in [6.45, 7) is 1.55. The molecule has 104 valence electrons. The summed E-state index contributed by atoms with van der Waals surface area (Å²) in [4.78, 5) is 3.18. The van der Waals surface area contributed by atoms with Gasteiger partial charge in [-0.1, -0.05) is 18.2 Å². The van der Waals surface area contributed by atoms with Crippen LogP contribution in [0.25, 0.3) is 10.9 Å². The van der Waals surface area contributed by atoms with Crippen molar-refractivity contribution in [1.82, 2.24) is 10.3 Å². The Morgan fingerprint density at radius 1 is 0.900 bits per heavy atom. The first kappa shape index (κ1) is 14.6. The van der Waals surface area contributed by atoms with Crippen LogP contribution in [0.1, 0.15) is 11.1 Å². The summed E-state index contributed by atoms with van der Waals surface area (Å²) >= 11 is 0. The Kier molecular flexibility index (Phi) is 4.77. The molecule has 0 saturated carbocycles. The molecule has 0 aliphatic carbocycles. The van der Waals surface area contributed by atoms with Crippen LogP contribution in [0.3, 0.4) is 0 Å². The minimum Gasteiger partial charge on any atom is -0.361 e. The van der Waals surface area contributed by atoms with Gasteiger partial charge in [0.2, 0.25) is 0 Å². The topological polar surface area (TPSA) is 27.8 Å². The van der Waals surface area contributed by atoms with Gasteiger partial charge in [0.25, 0.3) is 0 Å². The molecule has 20 heavy (non-hydrogen) atoms. The van der Waals surface area contributed by atoms with E-state index in [0.29, 0.717) is 0 Å². The number of hydrogen-bond donors (Lipinski definition) is 2. The van der Waals surface area contributed by atoms with Crippen molar-refractivity contribution in [3.05, 3.63) is 71.7 Å². The Balaban J connectivity index is 0.00000147. The van der Waals surface area contributed by atoms with Crippen molar-refractivity contribution < 1.29 is 4.39 Å². The van der Waals surface area contributed by atoms with Crippen LogP contribution in [-0.2, 0) is 13.1 Å². The summed E-state index contributed by atoms with van der Waals surface area (Å²) in [7, 11) is 0. The van der Waals surface area contributed by atoms with E-state index in [-0.39, 0.29) is 18.2 Å². The van der Waals surface area contributed by atoms with E-state index in [1.807, 2.05) is 6.20 Å². The molecule has 0 spiro atoms. The van der Waals surface area contributed by atoms with Crippen LogP contribution in [0, 0.1) is 5.82 Å². The van der Waals surface area contributed by atoms with E-state index in [1.54, 1.807) is 12.1 Å². The molecule has 2 nitrogen and oxygen atoms in total. The van der Waals surface area contributed by atoms with Gasteiger partial charge >= 0.3 is 0 Å². The van der Waals surface area contributed by atoms with Crippen molar-refractivity contribution in [2.24, 2.45) is 0 Å². The molecule has 0 amide bonds. The zero-order valence-electron chi connectivity index (χ0n) is 10.9. The molecule has 2 N–H and O–H groups in total. The maximum Gasteiger partial charge on any atom is 0.123 e. The number of benzene rings is 2. The van der Waals surface area contributed by atoms with Crippen LogP contribution >= 0.6 is 12.4 Å². The second-order valence-electron chi connectivity index (χ2n) is 4.63. The van der Waals surface area contributed by atoms with Gasteiger partial charge in [-0.15, -0.1) is 12.4 Å². The summed E-state index contributed by atoms with van der Waals surface area (Å²) in [5.41, 5.74) is 3.49. The predicted molar refractivity (Wildman–Crippen MR) is 82.5 cm³/mol. The molecule has 4 heteroatoms. The molecule has 0 unspecified atom stereocenters. The van der Waals surface area contributed by atoms with E-state index in [2.05, 4.69) is 34.6 Å². The number of halogens is 2. The van der Waals surface area contributed by atoms with Crippen LogP contribution in [0.15, 0.2) is 54.7 Å². The molecular weight excluding hydrogens is 275 g/mol. The fourth-order valence-corrected chi connectivity index (χ4v) is 2.17. The zero-order valence-corrected chi connectivity index (χ0v) is 11.7. The number of rotatable bonds is 4. The third-order valence-electron chi connectivity index (χ3n) is 3.19. The summed E-state index contributed by atoms with van der Waals surface area (Å²) in [5.74, 6) is -0.193. The fraction of sp³-hybridized carbons (Fsp3) is 0.125. The lowest BCUT2D eigenvalue weighted by atomic mass is 10.1. The molecule has 3 aromatic rings. The molecule has 3 rings (SSSR count). The normalized spacial score (nSPS) is 10.4. The minimum atomic E-state index is -0.193. The number of nitrogens with one attached hydrogen (secondary N) is 2. The van der Waals surface area contributed by atoms with Crippen molar-refractivity contribution >= 4 is 23.3 Å². The Morgan fingerprint density at radius 2 is 1.60 bits per heavy atom. The minimum absolute atomic E-state index is 0. The van der Waals surface area contributed by atoms with E-state index in [9.17, 15) is 4.39 Å². The van der Waals surface area contributed by atoms with Crippen molar-refractivity contribution in [3.8, 4) is 0 Å². The average Bonchev–Trinajstić information content (AvgIpc) is 2.88. The molecule has 0 radical (unpaired) electrons. The largest absolute Gasteiger partial charge is 0.361 e. The predicted octanol–water partition coefficient (Wildman–Crippen LogP) is 4.02. The summed E-state index contributed by atoms with van der Waals surface area (Å²) in [6, 6.07) is 15.0. The highest BCUT2D eigenvalue weighted by atomic mass is 35.5. The lowest BCUT2D eigenvalue weighted by Gasteiger charge is -2.05. The summed E-state index contributed by atoms with van der Waals surface area (Å²) in [6.07, 6.45) is 1.94. The molecule has 0 atom stereocenters. The molecule has 0 aliphatic rings. The Morgan fingerprint density at radius 3 is 2.40 bits per heavy atom. The van der Waals surface area contributed by atoms with Crippen LogP contribution in [0.2, 0.25) is 0 Å². The molecule has 2 aromatic carbocycles. The van der Waals surface area contributed by atoms with Gasteiger partial charge in [0, 0.05) is 24.8 Å². The number of aromatic nitrogens is 1. The van der Waals surface area contributed by atoms with Gasteiger partial charge in [0.1, 0.15) is 5.82 Å². The SMILES string of the molecule is Cl.Fc1ccc(CNCc2ccc3[nH]ccc3c2)cc1. The lowest BCUT2D eigenvalue weighted by Crippen LogP contribution is -2.12. The lowest BCUT2D eigenvalue weighted by molar-refractivity contribution is 0.625. The molecule has 1 heterocycles.